The zero-order chi connectivity index (χ0) is 13.9. The Labute approximate surface area is 117 Å². The molecule has 0 radical (unpaired) electrons. The van der Waals surface area contributed by atoms with Crippen LogP contribution in [0.5, 0.6) is 0 Å². The van der Waals surface area contributed by atoms with E-state index in [-0.39, 0.29) is 11.7 Å². The van der Waals surface area contributed by atoms with Crippen molar-refractivity contribution in [2.45, 2.75) is 77.4 Å². The highest BCUT2D eigenvalue weighted by Crippen LogP contribution is 2.71. The first-order valence-corrected chi connectivity index (χ1v) is 8.12. The summed E-state index contributed by atoms with van der Waals surface area (Å²) in [5, 5.41) is 10.7. The Balaban J connectivity index is 1.98. The third-order valence-corrected chi connectivity index (χ3v) is 7.62. The van der Waals surface area contributed by atoms with Crippen LogP contribution >= 0.6 is 0 Å². The van der Waals surface area contributed by atoms with Gasteiger partial charge in [-0.3, -0.25) is 0 Å². The van der Waals surface area contributed by atoms with Gasteiger partial charge in [0.15, 0.2) is 0 Å². The normalized spacial score (nSPS) is 52.6. The smallest absolute Gasteiger partial charge is 0.0969 e. The van der Waals surface area contributed by atoms with Crippen molar-refractivity contribution in [2.24, 2.45) is 22.7 Å². The van der Waals surface area contributed by atoms with Crippen LogP contribution in [0.4, 0.5) is 0 Å². The van der Waals surface area contributed by atoms with Gasteiger partial charge >= 0.3 is 0 Å². The van der Waals surface area contributed by atoms with Crippen molar-refractivity contribution >= 4 is 0 Å². The minimum atomic E-state index is -0.264. The van der Waals surface area contributed by atoms with E-state index in [0.29, 0.717) is 16.7 Å². The van der Waals surface area contributed by atoms with Crippen LogP contribution in [0, 0.1) is 22.7 Å². The van der Waals surface area contributed by atoms with E-state index in [9.17, 15) is 5.11 Å². The molecule has 0 aromatic rings. The highest BCUT2D eigenvalue weighted by molar-refractivity contribution is 5.16. The Kier molecular flexibility index (Phi) is 3.07. The Bertz CT molecular complexity index is 364. The SMILES string of the molecule is COC1([C@@H]2C[C@H]3CC[C@]2(C)C3(C)C)CCCCC1O. The average Bonchev–Trinajstić information content (AvgIpc) is 2.72. The van der Waals surface area contributed by atoms with Gasteiger partial charge in [0.2, 0.25) is 0 Å². The van der Waals surface area contributed by atoms with E-state index in [0.717, 1.165) is 25.2 Å². The molecular weight excluding hydrogens is 236 g/mol. The highest BCUT2D eigenvalue weighted by Gasteiger charge is 2.67. The molecule has 0 spiro atoms. The number of hydrogen-bond acceptors (Lipinski definition) is 2. The first-order valence-electron chi connectivity index (χ1n) is 8.12. The molecule has 2 nitrogen and oxygen atoms in total. The van der Waals surface area contributed by atoms with E-state index in [1.807, 2.05) is 7.11 Å². The number of hydrogen-bond donors (Lipinski definition) is 1. The number of aliphatic hydroxyl groups is 1. The molecule has 0 saturated heterocycles. The molecule has 5 atom stereocenters. The van der Waals surface area contributed by atoms with E-state index in [4.69, 9.17) is 4.74 Å². The molecule has 3 aliphatic carbocycles. The van der Waals surface area contributed by atoms with Crippen LogP contribution in [0.1, 0.15) is 65.7 Å². The topological polar surface area (TPSA) is 29.5 Å². The fourth-order valence-electron chi connectivity index (χ4n) is 5.88. The lowest BCUT2D eigenvalue weighted by Crippen LogP contribution is -2.57. The van der Waals surface area contributed by atoms with Crippen molar-refractivity contribution in [3.8, 4) is 0 Å². The lowest BCUT2D eigenvalue weighted by atomic mass is 9.58. The second kappa shape index (κ2) is 4.21. The maximum Gasteiger partial charge on any atom is 0.0969 e. The van der Waals surface area contributed by atoms with Crippen LogP contribution in [0.25, 0.3) is 0 Å². The number of ether oxygens (including phenoxy) is 1. The minimum Gasteiger partial charge on any atom is -0.390 e. The first-order chi connectivity index (χ1) is 8.88. The molecule has 1 N–H and O–H groups in total. The third kappa shape index (κ3) is 1.56. The molecule has 110 valence electrons. The zero-order valence-electron chi connectivity index (χ0n) is 13.0. The summed E-state index contributed by atoms with van der Waals surface area (Å²) >= 11 is 0. The van der Waals surface area contributed by atoms with Crippen molar-refractivity contribution in [3.63, 3.8) is 0 Å². The van der Waals surface area contributed by atoms with Gasteiger partial charge in [-0.05, 0) is 54.8 Å². The lowest BCUT2D eigenvalue weighted by Gasteiger charge is -2.52. The predicted octanol–water partition coefficient (Wildman–Crippen LogP) is 3.77. The quantitative estimate of drug-likeness (QED) is 0.824. The predicted molar refractivity (Wildman–Crippen MR) is 76.9 cm³/mol. The fraction of sp³-hybridized carbons (Fsp3) is 1.00. The molecule has 0 heterocycles. The minimum absolute atomic E-state index is 0.261. The summed E-state index contributed by atoms with van der Waals surface area (Å²) in [6.07, 6.45) is 8.02. The van der Waals surface area contributed by atoms with Crippen molar-refractivity contribution in [3.05, 3.63) is 0 Å². The van der Waals surface area contributed by atoms with Crippen LogP contribution in [0.15, 0.2) is 0 Å². The van der Waals surface area contributed by atoms with E-state index in [1.54, 1.807) is 0 Å². The first kappa shape index (κ1) is 13.9. The van der Waals surface area contributed by atoms with Crippen molar-refractivity contribution in [1.82, 2.24) is 0 Å². The number of rotatable bonds is 2. The maximum absolute atomic E-state index is 10.7. The van der Waals surface area contributed by atoms with Gasteiger partial charge in [-0.1, -0.05) is 33.6 Å². The summed E-state index contributed by atoms with van der Waals surface area (Å²) in [4.78, 5) is 0. The van der Waals surface area contributed by atoms with Gasteiger partial charge in [-0.15, -0.1) is 0 Å². The molecule has 2 heteroatoms. The molecule has 3 fully saturated rings. The van der Waals surface area contributed by atoms with Crippen LogP contribution in [0.2, 0.25) is 0 Å². The van der Waals surface area contributed by atoms with Gasteiger partial charge in [0, 0.05) is 7.11 Å². The van der Waals surface area contributed by atoms with Crippen LogP contribution in [-0.2, 0) is 4.74 Å². The molecular formula is C17H30O2. The van der Waals surface area contributed by atoms with Gasteiger partial charge < -0.3 is 9.84 Å². The van der Waals surface area contributed by atoms with Crippen molar-refractivity contribution in [1.29, 1.82) is 0 Å². The summed E-state index contributed by atoms with van der Waals surface area (Å²) < 4.78 is 6.04. The summed E-state index contributed by atoms with van der Waals surface area (Å²) in [7, 11) is 1.83. The fourth-order valence-corrected chi connectivity index (χ4v) is 5.88. The summed E-state index contributed by atoms with van der Waals surface area (Å²) in [5.74, 6) is 1.36. The molecule has 0 aromatic heterocycles. The van der Waals surface area contributed by atoms with E-state index in [1.165, 1.54) is 25.7 Å². The average molecular weight is 266 g/mol. The summed E-state index contributed by atoms with van der Waals surface area (Å²) in [5.41, 5.74) is 0.478. The van der Waals surface area contributed by atoms with E-state index < -0.39 is 0 Å². The molecule has 3 saturated carbocycles. The third-order valence-electron chi connectivity index (χ3n) is 7.62. The molecule has 3 aliphatic rings. The Morgan fingerprint density at radius 1 is 1.05 bits per heavy atom. The van der Waals surface area contributed by atoms with Crippen LogP contribution < -0.4 is 0 Å². The van der Waals surface area contributed by atoms with Crippen LogP contribution in [-0.4, -0.2) is 23.9 Å². The summed E-state index contributed by atoms with van der Waals surface area (Å²) in [6, 6.07) is 0. The molecule has 19 heavy (non-hydrogen) atoms. The number of methoxy groups -OCH3 is 1. The standard InChI is InChI=1S/C17H30O2/c1-15(2)12-8-10-16(15,3)13(11-12)17(19-4)9-6-5-7-14(17)18/h12-14,18H,5-11H2,1-4H3/t12-,13-,14?,16+,17?/m1/s1. The maximum atomic E-state index is 10.7. The Morgan fingerprint density at radius 3 is 2.26 bits per heavy atom. The van der Waals surface area contributed by atoms with Crippen molar-refractivity contribution in [2.75, 3.05) is 7.11 Å². The van der Waals surface area contributed by atoms with E-state index in [2.05, 4.69) is 20.8 Å². The zero-order valence-corrected chi connectivity index (χ0v) is 13.0. The molecule has 0 aliphatic heterocycles. The number of aliphatic hydroxyl groups excluding tert-OH is 1. The second-order valence-electron chi connectivity index (χ2n) is 8.08. The van der Waals surface area contributed by atoms with Gasteiger partial charge in [0.25, 0.3) is 0 Å². The van der Waals surface area contributed by atoms with Gasteiger partial charge in [-0.25, -0.2) is 0 Å². The molecule has 3 rings (SSSR count). The lowest BCUT2D eigenvalue weighted by molar-refractivity contribution is -0.186. The molecule has 0 amide bonds. The van der Waals surface area contributed by atoms with Crippen molar-refractivity contribution < 1.29 is 9.84 Å². The van der Waals surface area contributed by atoms with Gasteiger partial charge in [0.05, 0.1) is 11.7 Å². The molecule has 0 aromatic carbocycles. The second-order valence-corrected chi connectivity index (χ2v) is 8.08. The monoisotopic (exact) mass is 266 g/mol. The molecule has 2 bridgehead atoms. The van der Waals surface area contributed by atoms with Gasteiger partial charge in [-0.2, -0.15) is 0 Å². The number of fused-ring (bicyclic) bond motifs is 2. The Morgan fingerprint density at radius 2 is 1.79 bits per heavy atom. The largest absolute Gasteiger partial charge is 0.390 e. The Hall–Kier alpha value is -0.0800. The van der Waals surface area contributed by atoms with E-state index >= 15 is 0 Å². The van der Waals surface area contributed by atoms with Crippen LogP contribution in [0.3, 0.4) is 0 Å². The summed E-state index contributed by atoms with van der Waals surface area (Å²) in [6.45, 7) is 7.36. The molecule has 2 unspecified atom stereocenters. The highest BCUT2D eigenvalue weighted by atomic mass is 16.5. The van der Waals surface area contributed by atoms with Gasteiger partial charge in [0.1, 0.15) is 0 Å².